The quantitative estimate of drug-likeness (QED) is 0.440. The monoisotopic (exact) mass is 441 g/mol. The predicted molar refractivity (Wildman–Crippen MR) is 116 cm³/mol. The van der Waals surface area contributed by atoms with Crippen LogP contribution in [0, 0.1) is 6.92 Å². The molecule has 4 heterocycles. The molecule has 1 fully saturated rings. The molecule has 0 unspecified atom stereocenters. The highest BCUT2D eigenvalue weighted by molar-refractivity contribution is 5.99. The minimum Gasteiger partial charge on any atom is -0.359 e. The lowest BCUT2D eigenvalue weighted by Crippen LogP contribution is -2.38. The van der Waals surface area contributed by atoms with Crippen molar-refractivity contribution in [2.24, 2.45) is 0 Å². The van der Waals surface area contributed by atoms with Crippen LogP contribution in [0.1, 0.15) is 24.1 Å². The number of para-hydroxylation sites is 1. The highest BCUT2D eigenvalue weighted by atomic mass is 19.4. The van der Waals surface area contributed by atoms with Crippen molar-refractivity contribution >= 4 is 16.9 Å². The van der Waals surface area contributed by atoms with Crippen LogP contribution >= 0.6 is 0 Å². The lowest BCUT2D eigenvalue weighted by atomic mass is 10.0. The maximum atomic E-state index is 13.8. The number of halogens is 3. The molecule has 32 heavy (non-hydrogen) atoms. The van der Waals surface area contributed by atoms with Crippen molar-refractivity contribution in [1.29, 1.82) is 0 Å². The second-order valence-electron chi connectivity index (χ2n) is 7.97. The summed E-state index contributed by atoms with van der Waals surface area (Å²) in [4.78, 5) is 15.7. The summed E-state index contributed by atoms with van der Waals surface area (Å²) >= 11 is 0. The second kappa shape index (κ2) is 7.94. The maximum Gasteiger partial charge on any atom is 0.419 e. The van der Waals surface area contributed by atoms with Gasteiger partial charge in [0.1, 0.15) is 5.56 Å². The van der Waals surface area contributed by atoms with Gasteiger partial charge in [-0.15, -0.1) is 0 Å². The second-order valence-corrected chi connectivity index (χ2v) is 7.97. The number of hydrogen-bond acceptors (Lipinski definition) is 5. The molecule has 5 rings (SSSR count). The molecule has 0 saturated carbocycles. The molecule has 1 aromatic carbocycles. The Balaban J connectivity index is 1.61. The van der Waals surface area contributed by atoms with E-state index in [0.717, 1.165) is 43.5 Å². The molecule has 0 bridgehead atoms. The smallest absolute Gasteiger partial charge is 0.359 e. The van der Waals surface area contributed by atoms with Crippen LogP contribution in [-0.4, -0.2) is 43.6 Å². The van der Waals surface area contributed by atoms with Gasteiger partial charge in [0.15, 0.2) is 0 Å². The lowest BCUT2D eigenvalue weighted by Gasteiger charge is -2.24. The van der Waals surface area contributed by atoms with Crippen molar-refractivity contribution in [2.45, 2.75) is 32.0 Å². The van der Waals surface area contributed by atoms with Crippen LogP contribution in [-0.2, 0) is 6.18 Å². The zero-order valence-corrected chi connectivity index (χ0v) is 17.4. The van der Waals surface area contributed by atoms with Gasteiger partial charge in [-0.05, 0) is 32.4 Å². The summed E-state index contributed by atoms with van der Waals surface area (Å²) < 4.78 is 43.4. The van der Waals surface area contributed by atoms with Crippen molar-refractivity contribution in [3.8, 4) is 16.9 Å². The number of fused-ring (bicyclic) bond motifs is 1. The van der Waals surface area contributed by atoms with Gasteiger partial charge in [-0.25, -0.2) is 15.0 Å². The molecule has 3 N–H and O–H groups in total. The summed E-state index contributed by atoms with van der Waals surface area (Å²) in [5.41, 5.74) is 1.70. The van der Waals surface area contributed by atoms with Gasteiger partial charge >= 0.3 is 6.18 Å². The number of aryl methyl sites for hydroxylation is 1. The molecule has 3 aromatic heterocycles. The molecule has 1 aliphatic heterocycles. The van der Waals surface area contributed by atoms with Gasteiger partial charge in [0.25, 0.3) is 0 Å². The van der Waals surface area contributed by atoms with Crippen LogP contribution in [0.15, 0.2) is 43.1 Å². The standard InChI is InChI=1S/C22H22F3N7/c1-13-11-32(12-29-13)18-6-2-5-15-16(9-27-20(15)18)19-17(22(23,24)25)10-28-21(31-19)30-14-4-3-7-26-8-14/h2,5-6,9-12,14,26-27H,3-4,7-8H2,1H3,(H,28,30,31)/t14-/m0/s1. The third-order valence-corrected chi connectivity index (χ3v) is 5.66. The van der Waals surface area contributed by atoms with E-state index in [1.165, 1.54) is 0 Å². The van der Waals surface area contributed by atoms with Crippen molar-refractivity contribution in [3.63, 3.8) is 0 Å². The first-order valence-electron chi connectivity index (χ1n) is 10.4. The molecule has 1 atom stereocenters. The minimum absolute atomic E-state index is 0.0763. The van der Waals surface area contributed by atoms with E-state index in [1.807, 2.05) is 29.8 Å². The number of aromatic amines is 1. The number of benzene rings is 1. The van der Waals surface area contributed by atoms with Gasteiger partial charge in [0.05, 0.1) is 28.9 Å². The zero-order chi connectivity index (χ0) is 22.3. The highest BCUT2D eigenvalue weighted by Gasteiger charge is 2.36. The van der Waals surface area contributed by atoms with Gasteiger partial charge < -0.3 is 20.2 Å². The first kappa shape index (κ1) is 20.5. The SMILES string of the molecule is Cc1cn(-c2cccc3c(-c4nc(N[C@H]5CCCNC5)ncc4C(F)(F)F)c[nH]c23)cn1. The predicted octanol–water partition coefficient (Wildman–Crippen LogP) is 4.30. The number of piperidine rings is 1. The van der Waals surface area contributed by atoms with E-state index in [9.17, 15) is 13.2 Å². The zero-order valence-electron chi connectivity index (χ0n) is 17.4. The number of rotatable bonds is 4. The van der Waals surface area contributed by atoms with Gasteiger partial charge in [-0.3, -0.25) is 0 Å². The minimum atomic E-state index is -4.58. The molecule has 0 aliphatic carbocycles. The van der Waals surface area contributed by atoms with E-state index in [2.05, 4.69) is 30.6 Å². The summed E-state index contributed by atoms with van der Waals surface area (Å²) in [5.74, 6) is 0.192. The molecular formula is C22H22F3N7. The lowest BCUT2D eigenvalue weighted by molar-refractivity contribution is -0.137. The van der Waals surface area contributed by atoms with Gasteiger partial charge in [0, 0.05) is 42.1 Å². The molecule has 0 spiro atoms. The van der Waals surface area contributed by atoms with Gasteiger partial charge in [-0.1, -0.05) is 12.1 Å². The van der Waals surface area contributed by atoms with E-state index in [-0.39, 0.29) is 17.7 Å². The summed E-state index contributed by atoms with van der Waals surface area (Å²) in [6.45, 7) is 3.54. The van der Waals surface area contributed by atoms with Crippen LogP contribution in [0.3, 0.4) is 0 Å². The topological polar surface area (TPSA) is 83.5 Å². The number of nitrogens with one attached hydrogen (secondary N) is 3. The molecule has 4 aromatic rings. The highest BCUT2D eigenvalue weighted by Crippen LogP contribution is 2.39. The fourth-order valence-corrected chi connectivity index (χ4v) is 4.12. The van der Waals surface area contributed by atoms with Crippen molar-refractivity contribution in [2.75, 3.05) is 18.4 Å². The summed E-state index contributed by atoms with van der Waals surface area (Å²) in [7, 11) is 0. The first-order valence-corrected chi connectivity index (χ1v) is 10.4. The molecule has 7 nitrogen and oxygen atoms in total. The molecule has 0 amide bonds. The fourth-order valence-electron chi connectivity index (χ4n) is 4.12. The first-order chi connectivity index (χ1) is 15.4. The van der Waals surface area contributed by atoms with Crippen LogP contribution in [0.5, 0.6) is 0 Å². The molecule has 1 aliphatic rings. The third kappa shape index (κ3) is 3.81. The Kier molecular flexibility index (Phi) is 5.09. The number of anilines is 1. The van der Waals surface area contributed by atoms with Crippen LogP contribution in [0.2, 0.25) is 0 Å². The normalized spacial score (nSPS) is 17.1. The molecular weight excluding hydrogens is 419 g/mol. The number of nitrogens with zero attached hydrogens (tertiary/aromatic N) is 4. The largest absolute Gasteiger partial charge is 0.419 e. The van der Waals surface area contributed by atoms with Crippen LogP contribution in [0.25, 0.3) is 27.8 Å². The fraction of sp³-hybridized carbons (Fsp3) is 0.318. The van der Waals surface area contributed by atoms with Crippen LogP contribution in [0.4, 0.5) is 19.1 Å². The number of H-pyrrole nitrogens is 1. The van der Waals surface area contributed by atoms with E-state index < -0.39 is 11.7 Å². The summed E-state index contributed by atoms with van der Waals surface area (Å²) in [6.07, 6.45) is 3.29. The maximum absolute atomic E-state index is 13.8. The Morgan fingerprint density at radius 1 is 1.22 bits per heavy atom. The van der Waals surface area contributed by atoms with E-state index in [1.54, 1.807) is 18.6 Å². The Hall–Kier alpha value is -3.40. The molecule has 1 saturated heterocycles. The van der Waals surface area contributed by atoms with Crippen molar-refractivity contribution in [1.82, 2.24) is 29.8 Å². The van der Waals surface area contributed by atoms with E-state index in [4.69, 9.17) is 0 Å². The summed E-state index contributed by atoms with van der Waals surface area (Å²) in [5, 5.41) is 7.09. The Labute approximate surface area is 182 Å². The van der Waals surface area contributed by atoms with Crippen LogP contribution < -0.4 is 10.6 Å². The molecule has 166 valence electrons. The number of alkyl halides is 3. The average molecular weight is 441 g/mol. The van der Waals surface area contributed by atoms with E-state index >= 15 is 0 Å². The Morgan fingerprint density at radius 2 is 2.09 bits per heavy atom. The molecule has 0 radical (unpaired) electrons. The van der Waals surface area contributed by atoms with Crippen molar-refractivity contribution < 1.29 is 13.2 Å². The van der Waals surface area contributed by atoms with E-state index in [0.29, 0.717) is 16.5 Å². The third-order valence-electron chi connectivity index (χ3n) is 5.66. The number of aromatic nitrogens is 5. The average Bonchev–Trinajstić information content (AvgIpc) is 3.40. The number of hydrogen-bond donors (Lipinski definition) is 3. The van der Waals surface area contributed by atoms with Gasteiger partial charge in [-0.2, -0.15) is 13.2 Å². The molecule has 10 heteroatoms. The van der Waals surface area contributed by atoms with Gasteiger partial charge in [0.2, 0.25) is 5.95 Å². The number of imidazole rings is 1. The van der Waals surface area contributed by atoms with Crippen molar-refractivity contribution in [3.05, 3.63) is 54.4 Å². The summed E-state index contributed by atoms with van der Waals surface area (Å²) in [6, 6.07) is 5.56. The Morgan fingerprint density at radius 3 is 2.81 bits per heavy atom. The Bertz CT molecular complexity index is 1250.